The van der Waals surface area contributed by atoms with Gasteiger partial charge in [0, 0.05) is 5.92 Å². The van der Waals surface area contributed by atoms with E-state index >= 15 is 0 Å². The van der Waals surface area contributed by atoms with Gasteiger partial charge in [-0.15, -0.1) is 0 Å². The summed E-state index contributed by atoms with van der Waals surface area (Å²) < 4.78 is 16.0. The summed E-state index contributed by atoms with van der Waals surface area (Å²) in [5.74, 6) is 2.76. The topological polar surface area (TPSA) is 51.8 Å². The molecule has 4 rings (SSSR count). The lowest BCUT2D eigenvalue weighted by atomic mass is 9.81. The molecule has 0 aliphatic carbocycles. The molecule has 0 radical (unpaired) electrons. The number of hydrogen-bond acceptors (Lipinski definition) is 5. The van der Waals surface area contributed by atoms with Crippen molar-refractivity contribution in [3.8, 4) is 17.2 Å². The van der Waals surface area contributed by atoms with Gasteiger partial charge in [-0.05, 0) is 53.1 Å². The van der Waals surface area contributed by atoms with Crippen molar-refractivity contribution < 1.29 is 14.2 Å². The highest BCUT2D eigenvalue weighted by Crippen LogP contribution is 2.44. The van der Waals surface area contributed by atoms with Gasteiger partial charge in [0.05, 0.1) is 33.4 Å². The van der Waals surface area contributed by atoms with Crippen LogP contribution in [-0.2, 0) is 0 Å². The number of nitrogens with one attached hydrogen (secondary N) is 2. The van der Waals surface area contributed by atoms with Gasteiger partial charge in [-0.1, -0.05) is 36.4 Å². The van der Waals surface area contributed by atoms with Crippen molar-refractivity contribution in [1.29, 1.82) is 0 Å². The summed E-state index contributed by atoms with van der Waals surface area (Å²) in [5.41, 5.74) is 10.7. The normalized spacial score (nSPS) is 21.0. The Morgan fingerprint density at radius 3 is 1.10 bits per heavy atom. The number of rotatable bonds is 6. The minimum atomic E-state index is 0.112. The molecular formula is C24H26N2O3. The Balaban J connectivity index is 1.71. The van der Waals surface area contributed by atoms with Crippen LogP contribution in [0.15, 0.2) is 72.8 Å². The van der Waals surface area contributed by atoms with Crippen LogP contribution in [0.4, 0.5) is 0 Å². The Morgan fingerprint density at radius 1 is 0.483 bits per heavy atom. The fraction of sp³-hybridized carbons (Fsp3) is 0.250. The molecule has 3 aromatic carbocycles. The van der Waals surface area contributed by atoms with E-state index in [1.54, 1.807) is 21.3 Å². The third-order valence-electron chi connectivity index (χ3n) is 5.56. The Bertz CT molecular complexity index is 868. The standard InChI is InChI=1S/C24H26N2O3/c1-27-19-10-4-16(5-11-19)22-23(17-6-12-20(28-2)13-7-17)25-26-24(22)18-8-14-21(29-3)15-9-18/h4-15,22-26H,1-3H3. The predicted octanol–water partition coefficient (Wildman–Crippen LogP) is 4.39. The first-order valence-corrected chi connectivity index (χ1v) is 9.66. The fourth-order valence-electron chi connectivity index (χ4n) is 3.97. The van der Waals surface area contributed by atoms with Gasteiger partial charge in [-0.2, -0.15) is 0 Å². The second kappa shape index (κ2) is 8.55. The molecule has 0 amide bonds. The van der Waals surface area contributed by atoms with Gasteiger partial charge >= 0.3 is 0 Å². The van der Waals surface area contributed by atoms with Gasteiger partial charge in [0.2, 0.25) is 0 Å². The van der Waals surface area contributed by atoms with Crippen LogP contribution in [0.3, 0.4) is 0 Å². The maximum atomic E-state index is 5.35. The minimum Gasteiger partial charge on any atom is -0.497 e. The van der Waals surface area contributed by atoms with E-state index in [-0.39, 0.29) is 18.0 Å². The van der Waals surface area contributed by atoms with Crippen molar-refractivity contribution >= 4 is 0 Å². The second-order valence-corrected chi connectivity index (χ2v) is 7.09. The zero-order chi connectivity index (χ0) is 20.2. The fourth-order valence-corrected chi connectivity index (χ4v) is 3.97. The smallest absolute Gasteiger partial charge is 0.118 e. The zero-order valence-electron chi connectivity index (χ0n) is 16.9. The Morgan fingerprint density at radius 2 is 0.793 bits per heavy atom. The van der Waals surface area contributed by atoms with E-state index in [0.29, 0.717) is 0 Å². The number of hydrogen-bond donors (Lipinski definition) is 2. The van der Waals surface area contributed by atoms with Gasteiger partial charge in [0.1, 0.15) is 17.2 Å². The van der Waals surface area contributed by atoms with E-state index in [2.05, 4.69) is 47.2 Å². The van der Waals surface area contributed by atoms with Crippen LogP contribution in [0.1, 0.15) is 34.7 Å². The number of ether oxygens (including phenoxy) is 3. The van der Waals surface area contributed by atoms with E-state index in [0.717, 1.165) is 17.2 Å². The van der Waals surface area contributed by atoms with Crippen LogP contribution < -0.4 is 25.1 Å². The Hall–Kier alpha value is -3.02. The lowest BCUT2D eigenvalue weighted by Gasteiger charge is -2.24. The van der Waals surface area contributed by atoms with Crippen LogP contribution in [-0.4, -0.2) is 21.3 Å². The molecule has 150 valence electrons. The van der Waals surface area contributed by atoms with E-state index < -0.39 is 0 Å². The SMILES string of the molecule is COc1ccc(C2NNC(c3ccc(OC)cc3)C2c2ccc(OC)cc2)cc1. The monoisotopic (exact) mass is 390 g/mol. The number of hydrazine groups is 1. The molecule has 2 atom stereocenters. The molecular weight excluding hydrogens is 364 g/mol. The summed E-state index contributed by atoms with van der Waals surface area (Å²) in [7, 11) is 5.06. The maximum Gasteiger partial charge on any atom is 0.118 e. The molecule has 1 fully saturated rings. The van der Waals surface area contributed by atoms with Crippen molar-refractivity contribution in [3.05, 3.63) is 89.5 Å². The lowest BCUT2D eigenvalue weighted by Crippen LogP contribution is -2.26. The summed E-state index contributed by atoms with van der Waals surface area (Å²) in [6.45, 7) is 0. The van der Waals surface area contributed by atoms with Gasteiger partial charge in [-0.3, -0.25) is 0 Å². The third-order valence-corrected chi connectivity index (χ3v) is 5.56. The molecule has 29 heavy (non-hydrogen) atoms. The molecule has 2 unspecified atom stereocenters. The van der Waals surface area contributed by atoms with Crippen LogP contribution in [0.5, 0.6) is 17.2 Å². The molecule has 5 nitrogen and oxygen atoms in total. The molecule has 1 saturated heterocycles. The molecule has 0 aromatic heterocycles. The minimum absolute atomic E-state index is 0.112. The van der Waals surface area contributed by atoms with Crippen molar-refractivity contribution in [3.63, 3.8) is 0 Å². The van der Waals surface area contributed by atoms with Crippen LogP contribution in [0.2, 0.25) is 0 Å². The van der Waals surface area contributed by atoms with Crippen molar-refractivity contribution in [2.75, 3.05) is 21.3 Å². The lowest BCUT2D eigenvalue weighted by molar-refractivity contribution is 0.413. The van der Waals surface area contributed by atoms with Gasteiger partial charge in [0.25, 0.3) is 0 Å². The van der Waals surface area contributed by atoms with Gasteiger partial charge in [0.15, 0.2) is 0 Å². The Labute approximate surface area is 171 Å². The molecule has 3 aromatic rings. The van der Waals surface area contributed by atoms with Crippen molar-refractivity contribution in [1.82, 2.24) is 10.9 Å². The molecule has 5 heteroatoms. The highest BCUT2D eigenvalue weighted by Gasteiger charge is 2.38. The van der Waals surface area contributed by atoms with E-state index in [1.165, 1.54) is 16.7 Å². The zero-order valence-corrected chi connectivity index (χ0v) is 16.9. The summed E-state index contributed by atoms with van der Waals surface area (Å²) in [4.78, 5) is 0. The molecule has 1 aliphatic heterocycles. The number of benzene rings is 3. The molecule has 1 heterocycles. The highest BCUT2D eigenvalue weighted by molar-refractivity contribution is 5.40. The van der Waals surface area contributed by atoms with Crippen molar-refractivity contribution in [2.24, 2.45) is 0 Å². The average molecular weight is 390 g/mol. The van der Waals surface area contributed by atoms with Gasteiger partial charge in [-0.25, -0.2) is 10.9 Å². The average Bonchev–Trinajstić information content (AvgIpc) is 3.24. The molecule has 0 saturated carbocycles. The van der Waals surface area contributed by atoms with Crippen molar-refractivity contribution in [2.45, 2.75) is 18.0 Å². The van der Waals surface area contributed by atoms with Crippen LogP contribution >= 0.6 is 0 Å². The molecule has 0 bridgehead atoms. The molecule has 0 spiro atoms. The number of methoxy groups -OCH3 is 3. The van der Waals surface area contributed by atoms with Crippen LogP contribution in [0.25, 0.3) is 0 Å². The first kappa shape index (κ1) is 19.3. The van der Waals surface area contributed by atoms with Gasteiger partial charge < -0.3 is 14.2 Å². The third kappa shape index (κ3) is 3.92. The first-order chi connectivity index (χ1) is 14.2. The van der Waals surface area contributed by atoms with E-state index in [4.69, 9.17) is 14.2 Å². The van der Waals surface area contributed by atoms with E-state index in [9.17, 15) is 0 Å². The van der Waals surface area contributed by atoms with E-state index in [1.807, 2.05) is 36.4 Å². The summed E-state index contributed by atoms with van der Waals surface area (Å²) >= 11 is 0. The second-order valence-electron chi connectivity index (χ2n) is 7.09. The summed E-state index contributed by atoms with van der Waals surface area (Å²) in [6, 6.07) is 25.0. The Kier molecular flexibility index (Phi) is 5.69. The first-order valence-electron chi connectivity index (χ1n) is 9.66. The maximum absolute atomic E-state index is 5.35. The summed E-state index contributed by atoms with van der Waals surface area (Å²) in [5, 5.41) is 0. The summed E-state index contributed by atoms with van der Waals surface area (Å²) in [6.07, 6.45) is 0. The molecule has 2 N–H and O–H groups in total. The van der Waals surface area contributed by atoms with Crippen LogP contribution in [0, 0.1) is 0 Å². The largest absolute Gasteiger partial charge is 0.497 e. The predicted molar refractivity (Wildman–Crippen MR) is 113 cm³/mol. The quantitative estimate of drug-likeness (QED) is 0.654. The molecule has 1 aliphatic rings. The highest BCUT2D eigenvalue weighted by atomic mass is 16.5.